The lowest BCUT2D eigenvalue weighted by Crippen LogP contribution is -2.37. The molecule has 200 valence electrons. The maximum atomic E-state index is 13.1. The molecule has 7 nitrogen and oxygen atoms in total. The highest BCUT2D eigenvalue weighted by Crippen LogP contribution is 2.30. The number of carbonyl (C=O) groups is 2. The normalized spacial score (nSPS) is 14.3. The molecule has 1 aliphatic rings. The highest BCUT2D eigenvalue weighted by Gasteiger charge is 2.25. The summed E-state index contributed by atoms with van der Waals surface area (Å²) in [5.74, 6) is -0.205. The van der Waals surface area contributed by atoms with E-state index in [4.69, 9.17) is 0 Å². The zero-order valence-electron chi connectivity index (χ0n) is 21.8. The predicted octanol–water partition coefficient (Wildman–Crippen LogP) is 5.37. The third kappa shape index (κ3) is 6.34. The van der Waals surface area contributed by atoms with Gasteiger partial charge in [0.2, 0.25) is 5.91 Å². The van der Waals surface area contributed by atoms with Crippen LogP contribution >= 0.6 is 0 Å². The zero-order chi connectivity index (χ0) is 27.4. The van der Waals surface area contributed by atoms with Crippen LogP contribution in [-0.4, -0.2) is 49.0 Å². The van der Waals surface area contributed by atoms with Gasteiger partial charge in [-0.2, -0.15) is 0 Å². The van der Waals surface area contributed by atoms with Crippen LogP contribution in [0.2, 0.25) is 0 Å². The number of sulfone groups is 1. The molecule has 0 spiro atoms. The van der Waals surface area contributed by atoms with Gasteiger partial charge in [0.1, 0.15) is 0 Å². The number of likely N-dealkylation sites (tertiary alicyclic amines) is 1. The number of hydrogen-bond donors (Lipinski definition) is 1. The van der Waals surface area contributed by atoms with Gasteiger partial charge in [-0.05, 0) is 79.8 Å². The van der Waals surface area contributed by atoms with Gasteiger partial charge in [0.15, 0.2) is 9.84 Å². The molecule has 1 saturated heterocycles. The summed E-state index contributed by atoms with van der Waals surface area (Å²) >= 11 is 0. The Kier molecular flexibility index (Phi) is 7.74. The second kappa shape index (κ2) is 11.4. The van der Waals surface area contributed by atoms with Gasteiger partial charge in [-0.3, -0.25) is 14.6 Å². The van der Waals surface area contributed by atoms with E-state index in [1.165, 1.54) is 17.7 Å². The number of hydrogen-bond acceptors (Lipinski definition) is 5. The van der Waals surface area contributed by atoms with Crippen molar-refractivity contribution in [3.8, 4) is 0 Å². The number of fused-ring (bicyclic) bond motifs is 1. The van der Waals surface area contributed by atoms with E-state index in [0.717, 1.165) is 29.4 Å². The van der Waals surface area contributed by atoms with E-state index >= 15 is 0 Å². The van der Waals surface area contributed by atoms with Crippen molar-refractivity contribution in [3.05, 3.63) is 102 Å². The molecule has 0 atom stereocenters. The number of rotatable bonds is 7. The van der Waals surface area contributed by atoms with Crippen molar-refractivity contribution in [2.45, 2.75) is 37.0 Å². The molecule has 0 unspecified atom stereocenters. The lowest BCUT2D eigenvalue weighted by atomic mass is 9.89. The highest BCUT2D eigenvalue weighted by molar-refractivity contribution is 7.91. The van der Waals surface area contributed by atoms with Crippen LogP contribution in [0.15, 0.2) is 89.8 Å². The molecule has 0 bridgehead atoms. The topological polar surface area (TPSA) is 96.4 Å². The third-order valence-electron chi connectivity index (χ3n) is 7.22. The number of nitrogens with one attached hydrogen (secondary N) is 1. The van der Waals surface area contributed by atoms with Crippen molar-refractivity contribution in [2.24, 2.45) is 0 Å². The summed E-state index contributed by atoms with van der Waals surface area (Å²) in [5.41, 5.74) is 4.33. The molecule has 2 heterocycles. The molecule has 5 rings (SSSR count). The first-order valence-corrected chi connectivity index (χ1v) is 14.8. The fourth-order valence-corrected chi connectivity index (χ4v) is 6.26. The summed E-state index contributed by atoms with van der Waals surface area (Å²) in [5, 5.41) is 3.76. The third-order valence-corrected chi connectivity index (χ3v) is 8.96. The van der Waals surface area contributed by atoms with Crippen LogP contribution in [0.5, 0.6) is 0 Å². The zero-order valence-corrected chi connectivity index (χ0v) is 22.7. The molecule has 3 aromatic carbocycles. The summed E-state index contributed by atoms with van der Waals surface area (Å²) in [7, 11) is -3.50. The maximum absolute atomic E-state index is 13.1. The highest BCUT2D eigenvalue weighted by atomic mass is 32.2. The average molecular weight is 542 g/mol. The number of benzene rings is 3. The Morgan fingerprint density at radius 1 is 0.923 bits per heavy atom. The minimum Gasteiger partial charge on any atom is -0.339 e. The number of amides is 2. The van der Waals surface area contributed by atoms with Crippen LogP contribution < -0.4 is 5.32 Å². The van der Waals surface area contributed by atoms with Gasteiger partial charge in [-0.1, -0.05) is 36.4 Å². The molecule has 2 amide bonds. The Bertz CT molecular complexity index is 1590. The number of aromatic nitrogens is 1. The van der Waals surface area contributed by atoms with Crippen LogP contribution in [0.3, 0.4) is 0 Å². The van der Waals surface area contributed by atoms with Crippen molar-refractivity contribution in [1.82, 2.24) is 9.88 Å². The van der Waals surface area contributed by atoms with Gasteiger partial charge >= 0.3 is 0 Å². The lowest BCUT2D eigenvalue weighted by Gasteiger charge is -2.32. The van der Waals surface area contributed by atoms with Crippen molar-refractivity contribution in [2.75, 3.05) is 24.2 Å². The summed E-state index contributed by atoms with van der Waals surface area (Å²) in [6, 6.07) is 25.5. The van der Waals surface area contributed by atoms with Crippen LogP contribution in [0, 0.1) is 6.92 Å². The van der Waals surface area contributed by atoms with Crippen LogP contribution in [0.4, 0.5) is 5.69 Å². The standard InChI is InChI=1S/C31H31N3O4S/c1-22-7-8-25-21-26(11-14-29(25)32-22)31(36)34-18-15-24(16-19-34)23-9-12-27(13-10-23)33-30(35)17-20-39(37,38)28-5-3-2-4-6-28/h2-14,21,24H,15-20H2,1H3,(H,33,35). The van der Waals surface area contributed by atoms with E-state index in [-0.39, 0.29) is 28.9 Å². The molecule has 8 heteroatoms. The summed E-state index contributed by atoms with van der Waals surface area (Å²) in [6.45, 7) is 3.32. The smallest absolute Gasteiger partial charge is 0.253 e. The average Bonchev–Trinajstić information content (AvgIpc) is 2.96. The van der Waals surface area contributed by atoms with E-state index in [1.807, 2.05) is 66.4 Å². The number of anilines is 1. The molecule has 1 aliphatic heterocycles. The number of carbonyl (C=O) groups excluding carboxylic acids is 2. The van der Waals surface area contributed by atoms with Crippen molar-refractivity contribution in [1.29, 1.82) is 0 Å². The van der Waals surface area contributed by atoms with Gasteiger partial charge < -0.3 is 10.2 Å². The second-order valence-corrected chi connectivity index (χ2v) is 12.1. The van der Waals surface area contributed by atoms with Crippen molar-refractivity contribution >= 4 is 38.2 Å². The Morgan fingerprint density at radius 2 is 1.64 bits per heavy atom. The summed E-state index contributed by atoms with van der Waals surface area (Å²) in [4.78, 5) is 32.1. The Hall–Kier alpha value is -4.04. The first-order chi connectivity index (χ1) is 18.8. The summed E-state index contributed by atoms with van der Waals surface area (Å²) in [6.07, 6.45) is 1.62. The largest absolute Gasteiger partial charge is 0.339 e. The van der Waals surface area contributed by atoms with Gasteiger partial charge in [-0.15, -0.1) is 0 Å². The molecule has 1 fully saturated rings. The minimum absolute atomic E-state index is 0.0447. The Morgan fingerprint density at radius 3 is 2.36 bits per heavy atom. The van der Waals surface area contributed by atoms with Gasteiger partial charge in [0.25, 0.3) is 5.91 Å². The molecule has 1 N–H and O–H groups in total. The van der Waals surface area contributed by atoms with Crippen LogP contribution in [0.25, 0.3) is 10.9 Å². The molecule has 0 aliphatic carbocycles. The van der Waals surface area contributed by atoms with Gasteiger partial charge in [0, 0.05) is 41.8 Å². The van der Waals surface area contributed by atoms with Gasteiger partial charge in [-0.25, -0.2) is 8.42 Å². The maximum Gasteiger partial charge on any atom is 0.253 e. The lowest BCUT2D eigenvalue weighted by molar-refractivity contribution is -0.115. The minimum atomic E-state index is -3.50. The van der Waals surface area contributed by atoms with E-state index in [2.05, 4.69) is 10.3 Å². The van der Waals surface area contributed by atoms with Crippen molar-refractivity contribution < 1.29 is 18.0 Å². The molecule has 0 saturated carbocycles. The SMILES string of the molecule is Cc1ccc2cc(C(=O)N3CCC(c4ccc(NC(=O)CCS(=O)(=O)c5ccccc5)cc4)CC3)ccc2n1. The second-order valence-electron chi connectivity index (χ2n) is 9.98. The van der Waals surface area contributed by atoms with E-state index in [1.54, 1.807) is 18.2 Å². The molecular weight excluding hydrogens is 510 g/mol. The monoisotopic (exact) mass is 541 g/mol. The molecule has 0 radical (unpaired) electrons. The fourth-order valence-electron chi connectivity index (χ4n) is 4.99. The summed E-state index contributed by atoms with van der Waals surface area (Å²) < 4.78 is 24.8. The van der Waals surface area contributed by atoms with E-state index in [9.17, 15) is 18.0 Å². The Labute approximate surface area is 228 Å². The number of pyridine rings is 1. The first-order valence-electron chi connectivity index (χ1n) is 13.1. The molecule has 1 aromatic heterocycles. The van der Waals surface area contributed by atoms with E-state index in [0.29, 0.717) is 30.3 Å². The fraction of sp³-hybridized carbons (Fsp3) is 0.258. The van der Waals surface area contributed by atoms with Crippen LogP contribution in [-0.2, 0) is 14.6 Å². The molecule has 4 aromatic rings. The first kappa shape index (κ1) is 26.6. The van der Waals surface area contributed by atoms with E-state index < -0.39 is 9.84 Å². The molecule has 39 heavy (non-hydrogen) atoms. The number of piperidine rings is 1. The van der Waals surface area contributed by atoms with Crippen LogP contribution in [0.1, 0.15) is 46.8 Å². The number of nitrogens with zero attached hydrogens (tertiary/aromatic N) is 2. The number of aryl methyl sites for hydroxylation is 1. The van der Waals surface area contributed by atoms with Gasteiger partial charge in [0.05, 0.1) is 16.2 Å². The van der Waals surface area contributed by atoms with Crippen molar-refractivity contribution in [3.63, 3.8) is 0 Å². The molecular formula is C31H31N3O4S. The quantitative estimate of drug-likeness (QED) is 0.340. The Balaban J connectivity index is 1.12. The predicted molar refractivity (Wildman–Crippen MR) is 153 cm³/mol.